The van der Waals surface area contributed by atoms with Crippen LogP contribution in [0.2, 0.25) is 0 Å². The van der Waals surface area contributed by atoms with Gasteiger partial charge < -0.3 is 15.1 Å². The number of hydrogen-bond acceptors (Lipinski definition) is 3. The van der Waals surface area contributed by atoms with Gasteiger partial charge in [0, 0.05) is 31.1 Å². The largest absolute Gasteiger partial charge is 0.334 e. The van der Waals surface area contributed by atoms with E-state index in [0.717, 1.165) is 25.3 Å². The first-order chi connectivity index (χ1) is 10.4. The predicted molar refractivity (Wildman–Crippen MR) is 95.7 cm³/mol. The average Bonchev–Trinajstić information content (AvgIpc) is 2.44. The molecule has 1 unspecified atom stereocenters. The highest BCUT2D eigenvalue weighted by Crippen LogP contribution is 2.18. The van der Waals surface area contributed by atoms with Crippen LogP contribution in [0.3, 0.4) is 0 Å². The van der Waals surface area contributed by atoms with Gasteiger partial charge in [0.1, 0.15) is 0 Å². The van der Waals surface area contributed by atoms with E-state index in [4.69, 9.17) is 0 Å². The molecule has 0 aliphatic rings. The lowest BCUT2D eigenvalue weighted by Crippen LogP contribution is -2.45. The zero-order chi connectivity index (χ0) is 16.5. The van der Waals surface area contributed by atoms with Crippen LogP contribution < -0.4 is 5.32 Å². The average molecular weight is 324 g/mol. The van der Waals surface area contributed by atoms with Crippen molar-refractivity contribution in [1.82, 2.24) is 15.1 Å². The lowest BCUT2D eigenvalue weighted by molar-refractivity contribution is 0.202. The first-order valence-corrected chi connectivity index (χ1v) is 8.73. The van der Waals surface area contributed by atoms with Crippen molar-refractivity contribution in [3.8, 4) is 0 Å². The molecule has 4 nitrogen and oxygen atoms in total. The van der Waals surface area contributed by atoms with Crippen LogP contribution in [0.25, 0.3) is 0 Å². The molecule has 1 atom stereocenters. The van der Waals surface area contributed by atoms with Gasteiger partial charge in [-0.15, -0.1) is 11.8 Å². The molecule has 0 heterocycles. The van der Waals surface area contributed by atoms with Crippen LogP contribution in [0.15, 0.2) is 29.2 Å². The summed E-state index contributed by atoms with van der Waals surface area (Å²) in [5.41, 5.74) is 1.28. The quantitative estimate of drug-likeness (QED) is 0.590. The van der Waals surface area contributed by atoms with Gasteiger partial charge >= 0.3 is 6.03 Å². The Labute approximate surface area is 139 Å². The fourth-order valence-corrected chi connectivity index (χ4v) is 2.98. The van der Waals surface area contributed by atoms with Crippen molar-refractivity contribution in [2.24, 2.45) is 0 Å². The van der Waals surface area contributed by atoms with Crippen molar-refractivity contribution in [3.05, 3.63) is 29.8 Å². The molecular weight excluding hydrogens is 294 g/mol. The number of carbonyl (C=O) groups excluding carboxylic acids is 1. The highest BCUT2D eigenvalue weighted by atomic mass is 32.2. The van der Waals surface area contributed by atoms with Crippen LogP contribution in [-0.2, 0) is 0 Å². The fourth-order valence-electron chi connectivity index (χ4n) is 2.14. The standard InChI is InChI=1S/C17H29N3OS/c1-14-7-9-16(10-8-14)22-12-6-11-20(5)17(21)18-15(2)13-19(3)4/h7-10,15H,6,11-13H2,1-5H3,(H,18,21). The van der Waals surface area contributed by atoms with E-state index in [9.17, 15) is 4.79 Å². The van der Waals surface area contributed by atoms with Crippen LogP contribution in [-0.4, -0.2) is 61.9 Å². The summed E-state index contributed by atoms with van der Waals surface area (Å²) in [5.74, 6) is 1.02. The van der Waals surface area contributed by atoms with Crippen molar-refractivity contribution in [1.29, 1.82) is 0 Å². The third-order valence-corrected chi connectivity index (χ3v) is 4.38. The van der Waals surface area contributed by atoms with E-state index in [1.807, 2.05) is 39.8 Å². The topological polar surface area (TPSA) is 35.6 Å². The van der Waals surface area contributed by atoms with E-state index in [2.05, 4.69) is 41.4 Å². The van der Waals surface area contributed by atoms with Crippen LogP contribution in [0, 0.1) is 6.92 Å². The van der Waals surface area contributed by atoms with Gasteiger partial charge in [-0.25, -0.2) is 4.79 Å². The molecule has 0 spiro atoms. The van der Waals surface area contributed by atoms with Crippen molar-refractivity contribution in [2.45, 2.75) is 31.2 Å². The minimum Gasteiger partial charge on any atom is -0.334 e. The Morgan fingerprint density at radius 3 is 2.45 bits per heavy atom. The zero-order valence-corrected chi connectivity index (χ0v) is 15.2. The number of nitrogens with one attached hydrogen (secondary N) is 1. The highest BCUT2D eigenvalue weighted by Gasteiger charge is 2.12. The van der Waals surface area contributed by atoms with Crippen LogP contribution in [0.4, 0.5) is 4.79 Å². The molecule has 0 fully saturated rings. The Morgan fingerprint density at radius 1 is 1.23 bits per heavy atom. The molecule has 0 saturated heterocycles. The van der Waals surface area contributed by atoms with Crippen molar-refractivity contribution >= 4 is 17.8 Å². The van der Waals surface area contributed by atoms with Crippen LogP contribution >= 0.6 is 11.8 Å². The Kier molecular flexibility index (Phi) is 8.35. The number of aryl methyl sites for hydroxylation is 1. The maximum atomic E-state index is 12.0. The number of likely N-dealkylation sites (N-methyl/N-ethyl adjacent to an activating group) is 1. The van der Waals surface area contributed by atoms with Gasteiger partial charge in [-0.05, 0) is 52.2 Å². The van der Waals surface area contributed by atoms with E-state index in [0.29, 0.717) is 0 Å². The molecular formula is C17H29N3OS. The predicted octanol–water partition coefficient (Wildman–Crippen LogP) is 3.07. The van der Waals surface area contributed by atoms with E-state index in [1.165, 1.54) is 10.5 Å². The number of carbonyl (C=O) groups is 1. The SMILES string of the molecule is Cc1ccc(SCCCN(C)C(=O)NC(C)CN(C)C)cc1. The summed E-state index contributed by atoms with van der Waals surface area (Å²) in [5, 5.41) is 3.01. The monoisotopic (exact) mass is 323 g/mol. The number of thioether (sulfide) groups is 1. The molecule has 1 N–H and O–H groups in total. The summed E-state index contributed by atoms with van der Waals surface area (Å²) >= 11 is 1.84. The molecule has 0 radical (unpaired) electrons. The first-order valence-electron chi connectivity index (χ1n) is 7.74. The van der Waals surface area contributed by atoms with Gasteiger partial charge in [0.05, 0.1) is 0 Å². The number of amides is 2. The second-order valence-electron chi connectivity index (χ2n) is 6.05. The van der Waals surface area contributed by atoms with E-state index in [1.54, 1.807) is 4.90 Å². The van der Waals surface area contributed by atoms with Gasteiger partial charge in [-0.3, -0.25) is 0 Å². The van der Waals surface area contributed by atoms with Crippen LogP contribution in [0.5, 0.6) is 0 Å². The van der Waals surface area contributed by atoms with Crippen molar-refractivity contribution in [2.75, 3.05) is 40.0 Å². The zero-order valence-electron chi connectivity index (χ0n) is 14.4. The summed E-state index contributed by atoms with van der Waals surface area (Å²) in [6.45, 7) is 5.75. The number of hydrogen-bond donors (Lipinski definition) is 1. The second kappa shape index (κ2) is 9.74. The molecule has 5 heteroatoms. The Bertz CT molecular complexity index is 448. The third-order valence-electron chi connectivity index (χ3n) is 3.28. The lowest BCUT2D eigenvalue weighted by atomic mass is 10.2. The second-order valence-corrected chi connectivity index (χ2v) is 7.22. The number of urea groups is 1. The Morgan fingerprint density at radius 2 is 1.86 bits per heavy atom. The smallest absolute Gasteiger partial charge is 0.317 e. The van der Waals surface area contributed by atoms with Gasteiger partial charge in [0.2, 0.25) is 0 Å². The minimum absolute atomic E-state index is 0.00897. The lowest BCUT2D eigenvalue weighted by Gasteiger charge is -2.23. The number of benzene rings is 1. The molecule has 1 aromatic rings. The molecule has 124 valence electrons. The van der Waals surface area contributed by atoms with Gasteiger partial charge in [-0.2, -0.15) is 0 Å². The summed E-state index contributed by atoms with van der Waals surface area (Å²) in [6.07, 6.45) is 0.991. The summed E-state index contributed by atoms with van der Waals surface area (Å²) < 4.78 is 0. The van der Waals surface area contributed by atoms with Crippen molar-refractivity contribution in [3.63, 3.8) is 0 Å². The summed E-state index contributed by atoms with van der Waals surface area (Å²) in [7, 11) is 5.87. The third kappa shape index (κ3) is 7.71. The number of nitrogens with zero attached hydrogens (tertiary/aromatic N) is 2. The molecule has 0 aromatic heterocycles. The van der Waals surface area contributed by atoms with Gasteiger partial charge in [0.25, 0.3) is 0 Å². The maximum Gasteiger partial charge on any atom is 0.317 e. The van der Waals surface area contributed by atoms with E-state index < -0.39 is 0 Å². The Balaban J connectivity index is 2.20. The minimum atomic E-state index is 0.00897. The van der Waals surface area contributed by atoms with Gasteiger partial charge in [-0.1, -0.05) is 17.7 Å². The summed E-state index contributed by atoms with van der Waals surface area (Å²) in [6, 6.07) is 8.74. The Hall–Kier alpha value is -1.20. The van der Waals surface area contributed by atoms with Crippen molar-refractivity contribution < 1.29 is 4.79 Å². The fraction of sp³-hybridized carbons (Fsp3) is 0.588. The number of rotatable bonds is 8. The molecule has 0 bridgehead atoms. The van der Waals surface area contributed by atoms with E-state index >= 15 is 0 Å². The molecule has 1 aromatic carbocycles. The molecule has 1 rings (SSSR count). The summed E-state index contributed by atoms with van der Waals surface area (Å²) in [4.78, 5) is 17.2. The molecule has 0 aliphatic carbocycles. The molecule has 0 aliphatic heterocycles. The van der Waals surface area contributed by atoms with Gasteiger partial charge in [0.15, 0.2) is 0 Å². The molecule has 0 saturated carbocycles. The highest BCUT2D eigenvalue weighted by molar-refractivity contribution is 7.99. The van der Waals surface area contributed by atoms with E-state index in [-0.39, 0.29) is 12.1 Å². The normalized spacial score (nSPS) is 12.3. The first kappa shape index (κ1) is 18.8. The molecule has 22 heavy (non-hydrogen) atoms. The maximum absolute atomic E-state index is 12.0. The van der Waals surface area contributed by atoms with Crippen LogP contribution in [0.1, 0.15) is 18.9 Å². The molecule has 2 amide bonds.